The van der Waals surface area contributed by atoms with Crippen LogP contribution in [-0.2, 0) is 17.8 Å². The summed E-state index contributed by atoms with van der Waals surface area (Å²) in [5.41, 5.74) is 0. The molecule has 0 aliphatic rings. The Balaban J connectivity index is 2.33. The van der Waals surface area contributed by atoms with Gasteiger partial charge in [0.25, 0.3) is 0 Å². The van der Waals surface area contributed by atoms with E-state index in [-0.39, 0.29) is 12.5 Å². The number of carboxylic acid groups (broad SMARTS) is 1. The zero-order chi connectivity index (χ0) is 11.3. The van der Waals surface area contributed by atoms with Gasteiger partial charge in [-0.2, -0.15) is 0 Å². The normalized spacial score (nSPS) is 12.7. The number of hydrogen-bond donors (Lipinski definition) is 2. The zero-order valence-electron chi connectivity index (χ0n) is 9.12. The molecular weight excluding hydrogens is 210 g/mol. The fourth-order valence-electron chi connectivity index (χ4n) is 1.32. The van der Waals surface area contributed by atoms with Gasteiger partial charge in [-0.05, 0) is 25.5 Å². The summed E-state index contributed by atoms with van der Waals surface area (Å²) in [5, 5.41) is 11.8. The molecule has 0 saturated carbocycles. The van der Waals surface area contributed by atoms with Gasteiger partial charge in [-0.25, -0.2) is 0 Å². The molecule has 1 rings (SSSR count). The van der Waals surface area contributed by atoms with E-state index in [2.05, 4.69) is 24.4 Å². The van der Waals surface area contributed by atoms with E-state index >= 15 is 0 Å². The number of nitrogens with one attached hydrogen (secondary N) is 1. The van der Waals surface area contributed by atoms with E-state index in [1.165, 1.54) is 9.75 Å². The molecule has 1 atom stereocenters. The quantitative estimate of drug-likeness (QED) is 0.783. The maximum atomic E-state index is 10.4. The number of aryl methyl sites for hydroxylation is 1. The van der Waals surface area contributed by atoms with Gasteiger partial charge in [-0.1, -0.05) is 6.92 Å². The highest BCUT2D eigenvalue weighted by molar-refractivity contribution is 7.11. The van der Waals surface area contributed by atoms with Crippen molar-refractivity contribution in [3.8, 4) is 0 Å². The van der Waals surface area contributed by atoms with E-state index in [4.69, 9.17) is 5.11 Å². The molecule has 15 heavy (non-hydrogen) atoms. The molecule has 1 aromatic rings. The van der Waals surface area contributed by atoms with Crippen molar-refractivity contribution in [3.63, 3.8) is 0 Å². The largest absolute Gasteiger partial charge is 0.481 e. The van der Waals surface area contributed by atoms with E-state index in [1.54, 1.807) is 11.3 Å². The standard InChI is InChI=1S/C11H17NO2S/c1-3-9-4-5-10(15-9)7-12-8(2)6-11(13)14/h4-5,8,12H,3,6-7H2,1-2H3,(H,13,14). The van der Waals surface area contributed by atoms with E-state index in [0.29, 0.717) is 0 Å². The summed E-state index contributed by atoms with van der Waals surface area (Å²) < 4.78 is 0. The van der Waals surface area contributed by atoms with Gasteiger partial charge in [-0.3, -0.25) is 4.79 Å². The van der Waals surface area contributed by atoms with Crippen LogP contribution in [0.5, 0.6) is 0 Å². The molecule has 0 fully saturated rings. The monoisotopic (exact) mass is 227 g/mol. The second-order valence-electron chi connectivity index (χ2n) is 3.60. The molecule has 0 aliphatic heterocycles. The fraction of sp³-hybridized carbons (Fsp3) is 0.545. The highest BCUT2D eigenvalue weighted by Gasteiger charge is 2.07. The van der Waals surface area contributed by atoms with Gasteiger partial charge in [-0.15, -0.1) is 11.3 Å². The van der Waals surface area contributed by atoms with Crippen molar-refractivity contribution in [2.45, 2.75) is 39.3 Å². The highest BCUT2D eigenvalue weighted by Crippen LogP contribution is 2.16. The molecule has 0 bridgehead atoms. The van der Waals surface area contributed by atoms with Crippen LogP contribution >= 0.6 is 11.3 Å². The summed E-state index contributed by atoms with van der Waals surface area (Å²) in [6.07, 6.45) is 1.24. The predicted octanol–water partition coefficient (Wildman–Crippen LogP) is 2.26. The first-order valence-electron chi connectivity index (χ1n) is 5.14. The maximum Gasteiger partial charge on any atom is 0.304 e. The summed E-state index contributed by atoms with van der Waals surface area (Å²) in [6, 6.07) is 4.25. The second-order valence-corrected chi connectivity index (χ2v) is 4.85. The zero-order valence-corrected chi connectivity index (χ0v) is 9.93. The minimum absolute atomic E-state index is 0.0228. The molecule has 0 saturated heterocycles. The Hall–Kier alpha value is -0.870. The van der Waals surface area contributed by atoms with Crippen LogP contribution in [0.25, 0.3) is 0 Å². The van der Waals surface area contributed by atoms with Crippen molar-refractivity contribution < 1.29 is 9.90 Å². The van der Waals surface area contributed by atoms with Crippen molar-refractivity contribution in [2.24, 2.45) is 0 Å². The molecule has 0 spiro atoms. The number of aliphatic carboxylic acids is 1. The van der Waals surface area contributed by atoms with Gasteiger partial charge in [0.15, 0.2) is 0 Å². The lowest BCUT2D eigenvalue weighted by Crippen LogP contribution is -2.27. The molecule has 2 N–H and O–H groups in total. The SMILES string of the molecule is CCc1ccc(CNC(C)CC(=O)O)s1. The third-order valence-electron chi connectivity index (χ3n) is 2.17. The maximum absolute atomic E-state index is 10.4. The van der Waals surface area contributed by atoms with Crippen molar-refractivity contribution in [2.75, 3.05) is 0 Å². The van der Waals surface area contributed by atoms with Crippen molar-refractivity contribution >= 4 is 17.3 Å². The van der Waals surface area contributed by atoms with E-state index < -0.39 is 5.97 Å². The average molecular weight is 227 g/mol. The summed E-state index contributed by atoms with van der Waals surface area (Å²) in [4.78, 5) is 13.1. The van der Waals surface area contributed by atoms with Crippen molar-refractivity contribution in [1.82, 2.24) is 5.32 Å². The number of thiophene rings is 1. The first-order valence-corrected chi connectivity index (χ1v) is 5.96. The smallest absolute Gasteiger partial charge is 0.304 e. The van der Waals surface area contributed by atoms with Crippen LogP contribution in [0, 0.1) is 0 Å². The van der Waals surface area contributed by atoms with Gasteiger partial charge in [0.2, 0.25) is 0 Å². The molecule has 1 heterocycles. The molecule has 0 amide bonds. The van der Waals surface area contributed by atoms with Crippen LogP contribution in [0.15, 0.2) is 12.1 Å². The van der Waals surface area contributed by atoms with Gasteiger partial charge in [0, 0.05) is 22.3 Å². The summed E-state index contributed by atoms with van der Waals surface area (Å²) in [7, 11) is 0. The van der Waals surface area contributed by atoms with Gasteiger partial charge < -0.3 is 10.4 Å². The third-order valence-corrected chi connectivity index (χ3v) is 3.40. The molecule has 3 nitrogen and oxygen atoms in total. The van der Waals surface area contributed by atoms with Crippen molar-refractivity contribution in [3.05, 3.63) is 21.9 Å². The minimum Gasteiger partial charge on any atom is -0.481 e. The van der Waals surface area contributed by atoms with Crippen LogP contribution in [0.4, 0.5) is 0 Å². The Labute approximate surface area is 94.1 Å². The molecule has 1 aromatic heterocycles. The topological polar surface area (TPSA) is 49.3 Å². The number of carbonyl (C=O) groups is 1. The lowest BCUT2D eigenvalue weighted by atomic mass is 10.2. The third kappa shape index (κ3) is 4.44. The first kappa shape index (κ1) is 12.2. The van der Waals surface area contributed by atoms with E-state index in [9.17, 15) is 4.79 Å². The van der Waals surface area contributed by atoms with Gasteiger partial charge in [0.05, 0.1) is 6.42 Å². The Morgan fingerprint density at radius 2 is 2.20 bits per heavy atom. The van der Waals surface area contributed by atoms with Crippen LogP contribution in [0.1, 0.15) is 30.0 Å². The predicted molar refractivity (Wildman–Crippen MR) is 62.3 cm³/mol. The van der Waals surface area contributed by atoms with Crippen LogP contribution < -0.4 is 5.32 Å². The van der Waals surface area contributed by atoms with Crippen LogP contribution in [0.3, 0.4) is 0 Å². The van der Waals surface area contributed by atoms with Crippen LogP contribution in [-0.4, -0.2) is 17.1 Å². The molecule has 84 valence electrons. The molecule has 0 aliphatic carbocycles. The minimum atomic E-state index is -0.754. The number of carboxylic acids is 1. The Morgan fingerprint density at radius 3 is 2.73 bits per heavy atom. The lowest BCUT2D eigenvalue weighted by molar-refractivity contribution is -0.137. The molecule has 1 unspecified atom stereocenters. The summed E-state index contributed by atoms with van der Waals surface area (Å²) in [5.74, 6) is -0.754. The van der Waals surface area contributed by atoms with Crippen molar-refractivity contribution in [1.29, 1.82) is 0 Å². The summed E-state index contributed by atoms with van der Waals surface area (Å²) in [6.45, 7) is 4.79. The second kappa shape index (κ2) is 5.88. The highest BCUT2D eigenvalue weighted by atomic mass is 32.1. The van der Waals surface area contributed by atoms with E-state index in [1.807, 2.05) is 6.92 Å². The number of hydrogen-bond acceptors (Lipinski definition) is 3. The molecule has 0 aromatic carbocycles. The van der Waals surface area contributed by atoms with Gasteiger partial charge in [0.1, 0.15) is 0 Å². The number of rotatable bonds is 6. The molecular formula is C11H17NO2S. The van der Waals surface area contributed by atoms with Gasteiger partial charge >= 0.3 is 5.97 Å². The fourth-order valence-corrected chi connectivity index (χ4v) is 2.23. The average Bonchev–Trinajstić information content (AvgIpc) is 2.61. The summed E-state index contributed by atoms with van der Waals surface area (Å²) >= 11 is 1.78. The molecule has 0 radical (unpaired) electrons. The Bertz CT molecular complexity index is 322. The lowest BCUT2D eigenvalue weighted by Gasteiger charge is -2.09. The molecule has 4 heteroatoms. The Kier molecular flexibility index (Phi) is 4.78. The van der Waals surface area contributed by atoms with E-state index in [0.717, 1.165) is 13.0 Å². The first-order chi connectivity index (χ1) is 7.11. The van der Waals surface area contributed by atoms with Crippen LogP contribution in [0.2, 0.25) is 0 Å². The Morgan fingerprint density at radius 1 is 1.53 bits per heavy atom.